The van der Waals surface area contributed by atoms with Crippen LogP contribution in [-0.2, 0) is 0 Å². The summed E-state index contributed by atoms with van der Waals surface area (Å²) < 4.78 is 25.9. The number of aliphatic hydroxyl groups is 1. The molecule has 2 rings (SSSR count). The molecule has 0 unspecified atom stereocenters. The van der Waals surface area contributed by atoms with Crippen molar-refractivity contribution in [2.75, 3.05) is 24.2 Å². The zero-order valence-corrected chi connectivity index (χ0v) is 9.40. The van der Waals surface area contributed by atoms with Gasteiger partial charge in [-0.25, -0.2) is 13.8 Å². The Bertz CT molecular complexity index is 562. The first kappa shape index (κ1) is 12.4. The van der Waals surface area contributed by atoms with E-state index in [1.807, 2.05) is 0 Å². The molecule has 1 aromatic carbocycles. The first-order valence-corrected chi connectivity index (χ1v) is 5.27. The van der Waals surface area contributed by atoms with Crippen LogP contribution in [0.25, 0.3) is 10.9 Å². The highest BCUT2D eigenvalue weighted by atomic mass is 19.3. The molecular formula is C11H12F2N4O. The minimum absolute atomic E-state index is 0.00325. The number of halogens is 2. The van der Waals surface area contributed by atoms with E-state index >= 15 is 0 Å². The highest BCUT2D eigenvalue weighted by Crippen LogP contribution is 2.22. The van der Waals surface area contributed by atoms with Gasteiger partial charge in [0, 0.05) is 5.39 Å². The van der Waals surface area contributed by atoms with Gasteiger partial charge in [-0.1, -0.05) is 12.1 Å². The highest BCUT2D eigenvalue weighted by molar-refractivity contribution is 5.89. The van der Waals surface area contributed by atoms with Gasteiger partial charge in [-0.3, -0.25) is 0 Å². The van der Waals surface area contributed by atoms with E-state index in [-0.39, 0.29) is 11.8 Å². The van der Waals surface area contributed by atoms with Gasteiger partial charge in [0.25, 0.3) is 5.92 Å². The summed E-state index contributed by atoms with van der Waals surface area (Å²) in [5.41, 5.74) is 6.07. The minimum atomic E-state index is -3.21. The van der Waals surface area contributed by atoms with Gasteiger partial charge < -0.3 is 16.2 Å². The smallest absolute Gasteiger partial charge is 0.287 e. The van der Waals surface area contributed by atoms with Gasteiger partial charge in [0.2, 0.25) is 5.95 Å². The molecule has 0 saturated carbocycles. The Hall–Kier alpha value is -2.02. The highest BCUT2D eigenvalue weighted by Gasteiger charge is 2.27. The van der Waals surface area contributed by atoms with Gasteiger partial charge in [0.1, 0.15) is 12.4 Å². The Morgan fingerprint density at radius 2 is 2.00 bits per heavy atom. The number of aromatic nitrogens is 2. The average Bonchev–Trinajstić information content (AvgIpc) is 2.36. The van der Waals surface area contributed by atoms with Crippen molar-refractivity contribution < 1.29 is 13.9 Å². The van der Waals surface area contributed by atoms with Crippen LogP contribution in [-0.4, -0.2) is 34.1 Å². The third-order valence-electron chi connectivity index (χ3n) is 2.37. The normalized spacial score (nSPS) is 11.7. The van der Waals surface area contributed by atoms with Crippen molar-refractivity contribution in [2.45, 2.75) is 5.92 Å². The van der Waals surface area contributed by atoms with E-state index in [0.29, 0.717) is 10.9 Å². The molecule has 0 atom stereocenters. The Kier molecular flexibility index (Phi) is 3.24. The third-order valence-corrected chi connectivity index (χ3v) is 2.37. The van der Waals surface area contributed by atoms with Crippen LogP contribution < -0.4 is 11.1 Å². The second-order valence-electron chi connectivity index (χ2n) is 3.82. The fourth-order valence-corrected chi connectivity index (χ4v) is 1.50. The van der Waals surface area contributed by atoms with Crippen LogP contribution in [0.3, 0.4) is 0 Å². The van der Waals surface area contributed by atoms with Crippen LogP contribution in [0, 0.1) is 0 Å². The van der Waals surface area contributed by atoms with E-state index in [1.54, 1.807) is 24.3 Å². The lowest BCUT2D eigenvalue weighted by molar-refractivity contribution is -0.0373. The summed E-state index contributed by atoms with van der Waals surface area (Å²) >= 11 is 0. The molecule has 0 aliphatic carbocycles. The summed E-state index contributed by atoms with van der Waals surface area (Å²) in [5.74, 6) is -2.98. The molecule has 0 bridgehead atoms. The number of nitrogens with two attached hydrogens (primary N) is 1. The number of nitrogens with one attached hydrogen (secondary N) is 1. The van der Waals surface area contributed by atoms with E-state index in [1.165, 1.54) is 0 Å². The first-order chi connectivity index (χ1) is 8.52. The van der Waals surface area contributed by atoms with Crippen LogP contribution in [0.2, 0.25) is 0 Å². The predicted octanol–water partition coefficient (Wildman–Crippen LogP) is 1.25. The first-order valence-electron chi connectivity index (χ1n) is 5.27. The molecule has 4 N–H and O–H groups in total. The fraction of sp³-hybridized carbons (Fsp3) is 0.273. The fourth-order valence-electron chi connectivity index (χ4n) is 1.50. The van der Waals surface area contributed by atoms with Crippen molar-refractivity contribution in [1.82, 2.24) is 9.97 Å². The van der Waals surface area contributed by atoms with Crippen LogP contribution in [0.1, 0.15) is 0 Å². The molecule has 18 heavy (non-hydrogen) atoms. The second-order valence-corrected chi connectivity index (χ2v) is 3.82. The van der Waals surface area contributed by atoms with Crippen molar-refractivity contribution >= 4 is 22.7 Å². The summed E-state index contributed by atoms with van der Waals surface area (Å²) in [4.78, 5) is 7.87. The molecule has 96 valence electrons. The van der Waals surface area contributed by atoms with E-state index in [4.69, 9.17) is 10.8 Å². The molecule has 0 saturated heterocycles. The lowest BCUT2D eigenvalue weighted by Crippen LogP contribution is -2.31. The van der Waals surface area contributed by atoms with Crippen molar-refractivity contribution in [1.29, 1.82) is 0 Å². The number of rotatable bonds is 4. The minimum Gasteiger partial charge on any atom is -0.390 e. The van der Waals surface area contributed by atoms with Crippen molar-refractivity contribution in [3.05, 3.63) is 24.3 Å². The van der Waals surface area contributed by atoms with Crippen molar-refractivity contribution in [3.8, 4) is 0 Å². The Morgan fingerprint density at radius 1 is 1.28 bits per heavy atom. The Morgan fingerprint density at radius 3 is 2.72 bits per heavy atom. The van der Waals surface area contributed by atoms with Crippen molar-refractivity contribution in [3.63, 3.8) is 0 Å². The summed E-state index contributed by atoms with van der Waals surface area (Å²) in [6.07, 6.45) is 0. The molecule has 0 fully saturated rings. The molecule has 2 aromatic rings. The molecule has 0 aliphatic heterocycles. The van der Waals surface area contributed by atoms with E-state index in [9.17, 15) is 8.78 Å². The summed E-state index contributed by atoms with van der Waals surface area (Å²) in [6.45, 7) is -1.94. The number of fused-ring (bicyclic) bond motifs is 1. The van der Waals surface area contributed by atoms with Crippen LogP contribution >= 0.6 is 0 Å². The number of nitrogens with zero attached hydrogens (tertiary/aromatic N) is 2. The zero-order chi connectivity index (χ0) is 13.2. The molecule has 1 aromatic heterocycles. The molecule has 0 amide bonds. The number of hydrogen-bond acceptors (Lipinski definition) is 5. The molecular weight excluding hydrogens is 242 g/mol. The largest absolute Gasteiger partial charge is 0.390 e. The molecule has 7 heteroatoms. The number of benzene rings is 1. The van der Waals surface area contributed by atoms with Gasteiger partial charge in [0.15, 0.2) is 0 Å². The number of nitrogen functional groups attached to an aromatic ring is 1. The number of alkyl halides is 2. The van der Waals surface area contributed by atoms with Gasteiger partial charge in [-0.15, -0.1) is 0 Å². The van der Waals surface area contributed by atoms with Crippen LogP contribution in [0.4, 0.5) is 20.5 Å². The van der Waals surface area contributed by atoms with Gasteiger partial charge in [0.05, 0.1) is 12.1 Å². The topological polar surface area (TPSA) is 84.1 Å². The molecule has 0 spiro atoms. The maximum absolute atomic E-state index is 13.0. The molecule has 0 radical (unpaired) electrons. The van der Waals surface area contributed by atoms with E-state index in [0.717, 1.165) is 0 Å². The predicted molar refractivity (Wildman–Crippen MR) is 64.5 cm³/mol. The summed E-state index contributed by atoms with van der Waals surface area (Å²) in [7, 11) is 0. The molecule has 1 heterocycles. The quantitative estimate of drug-likeness (QED) is 0.764. The SMILES string of the molecule is Nc1nc(NCC(F)(F)CO)c2ccccc2n1. The Labute approximate surface area is 102 Å². The maximum Gasteiger partial charge on any atom is 0.287 e. The van der Waals surface area contributed by atoms with Gasteiger partial charge >= 0.3 is 0 Å². The van der Waals surface area contributed by atoms with Gasteiger partial charge in [-0.2, -0.15) is 4.98 Å². The lowest BCUT2D eigenvalue weighted by Gasteiger charge is -2.15. The average molecular weight is 254 g/mol. The number of aliphatic hydroxyl groups excluding tert-OH is 1. The van der Waals surface area contributed by atoms with E-state index in [2.05, 4.69) is 15.3 Å². The number of anilines is 2. The van der Waals surface area contributed by atoms with Crippen LogP contribution in [0.5, 0.6) is 0 Å². The van der Waals surface area contributed by atoms with Gasteiger partial charge in [-0.05, 0) is 12.1 Å². The third kappa shape index (κ3) is 2.62. The zero-order valence-electron chi connectivity index (χ0n) is 9.40. The summed E-state index contributed by atoms with van der Waals surface area (Å²) in [5, 5.41) is 11.6. The lowest BCUT2D eigenvalue weighted by atomic mass is 10.2. The monoisotopic (exact) mass is 254 g/mol. The second kappa shape index (κ2) is 4.69. The molecule has 5 nitrogen and oxygen atoms in total. The summed E-state index contributed by atoms with van der Waals surface area (Å²) in [6, 6.07) is 6.93. The Balaban J connectivity index is 2.33. The number of hydrogen-bond donors (Lipinski definition) is 3. The van der Waals surface area contributed by atoms with Crippen molar-refractivity contribution in [2.24, 2.45) is 0 Å². The molecule has 0 aliphatic rings. The van der Waals surface area contributed by atoms with E-state index < -0.39 is 19.1 Å². The maximum atomic E-state index is 13.0. The standard InChI is InChI=1S/C11H12F2N4O/c12-11(13,6-18)5-15-9-7-3-1-2-4-8(7)16-10(14)17-9/h1-4,18H,5-6H2,(H3,14,15,16,17). The number of para-hydroxylation sites is 1. The van der Waals surface area contributed by atoms with Crippen LogP contribution in [0.15, 0.2) is 24.3 Å².